The summed E-state index contributed by atoms with van der Waals surface area (Å²) in [6.07, 6.45) is 4.08. The van der Waals surface area contributed by atoms with Crippen molar-refractivity contribution in [3.8, 4) is 0 Å². The first kappa shape index (κ1) is 17.6. The number of hydrogen-bond acceptors (Lipinski definition) is 4. The topological polar surface area (TPSA) is 104 Å². The predicted molar refractivity (Wildman–Crippen MR) is 78.2 cm³/mol. The second-order valence-corrected chi connectivity index (χ2v) is 6.64. The van der Waals surface area contributed by atoms with E-state index in [1.165, 1.54) is 6.92 Å². The van der Waals surface area contributed by atoms with E-state index < -0.39 is 28.7 Å². The molecule has 2 N–H and O–H groups in total. The molecule has 0 aliphatic carbocycles. The maximum absolute atomic E-state index is 12.0. The summed E-state index contributed by atoms with van der Waals surface area (Å²) in [6.45, 7) is 2.54. The monoisotopic (exact) mass is 318 g/mol. The molecule has 2 amide bonds. The van der Waals surface area contributed by atoms with Crippen molar-refractivity contribution >= 4 is 28.6 Å². The maximum Gasteiger partial charge on any atom is 0.327 e. The highest BCUT2D eigenvalue weighted by atomic mass is 32.2. The van der Waals surface area contributed by atoms with Crippen molar-refractivity contribution in [1.29, 1.82) is 0 Å². The van der Waals surface area contributed by atoms with Crippen molar-refractivity contribution in [1.82, 2.24) is 10.2 Å². The summed E-state index contributed by atoms with van der Waals surface area (Å²) in [5, 5.41) is 11.2. The van der Waals surface area contributed by atoms with Crippen LogP contribution in [0.5, 0.6) is 0 Å². The Morgan fingerprint density at radius 2 is 1.76 bits per heavy atom. The van der Waals surface area contributed by atoms with Crippen LogP contribution < -0.4 is 5.32 Å². The van der Waals surface area contributed by atoms with Crippen molar-refractivity contribution in [3.63, 3.8) is 0 Å². The lowest BCUT2D eigenvalue weighted by atomic mass is 10.2. The molecule has 120 valence electrons. The van der Waals surface area contributed by atoms with Gasteiger partial charge in [0.05, 0.1) is 5.75 Å². The van der Waals surface area contributed by atoms with E-state index in [2.05, 4.69) is 5.32 Å². The van der Waals surface area contributed by atoms with E-state index in [1.807, 2.05) is 0 Å². The van der Waals surface area contributed by atoms with Crippen molar-refractivity contribution in [2.24, 2.45) is 0 Å². The van der Waals surface area contributed by atoms with Gasteiger partial charge in [-0.25, -0.2) is 4.79 Å². The molecule has 1 saturated heterocycles. The molecule has 0 saturated carbocycles. The minimum Gasteiger partial charge on any atom is -0.480 e. The molecule has 0 aromatic heterocycles. The zero-order valence-corrected chi connectivity index (χ0v) is 13.0. The molecule has 1 fully saturated rings. The fraction of sp³-hybridized carbons (Fsp3) is 0.769. The summed E-state index contributed by atoms with van der Waals surface area (Å²) < 4.78 is 11.9. The number of nitrogens with zero attached hydrogens (tertiary/aromatic N) is 1. The smallest absolute Gasteiger partial charge is 0.327 e. The lowest BCUT2D eigenvalue weighted by Crippen LogP contribution is -2.45. The van der Waals surface area contributed by atoms with E-state index in [0.717, 1.165) is 25.7 Å². The van der Waals surface area contributed by atoms with Gasteiger partial charge < -0.3 is 15.3 Å². The Morgan fingerprint density at radius 3 is 2.24 bits per heavy atom. The zero-order valence-electron chi connectivity index (χ0n) is 12.2. The van der Waals surface area contributed by atoms with Gasteiger partial charge in [0, 0.05) is 30.8 Å². The summed E-state index contributed by atoms with van der Waals surface area (Å²) in [4.78, 5) is 35.6. The molecule has 1 heterocycles. The highest BCUT2D eigenvalue weighted by Crippen LogP contribution is 2.10. The minimum atomic E-state index is -1.61. The third-order valence-corrected chi connectivity index (χ3v) is 4.55. The van der Waals surface area contributed by atoms with Gasteiger partial charge in [0.25, 0.3) is 0 Å². The number of rotatable bonds is 6. The Morgan fingerprint density at radius 1 is 1.19 bits per heavy atom. The largest absolute Gasteiger partial charge is 0.480 e. The predicted octanol–water partition coefficient (Wildman–Crippen LogP) is -0.273. The molecular weight excluding hydrogens is 296 g/mol. The molecule has 0 bridgehead atoms. The standard InChI is InChI=1S/C13H22N2O5S/c1-10(16)14-11(13(18)19)8-21(20)9-12(17)15-6-4-2-3-5-7-15/h11H,2-9H2,1H3,(H,14,16)(H,18,19)/t11-,21?/m0/s1. The summed E-state index contributed by atoms with van der Waals surface area (Å²) in [7, 11) is -1.61. The summed E-state index contributed by atoms with van der Waals surface area (Å²) in [5.74, 6) is -2.40. The molecule has 0 radical (unpaired) electrons. The molecule has 1 unspecified atom stereocenters. The Hall–Kier alpha value is -1.44. The van der Waals surface area contributed by atoms with Crippen molar-refractivity contribution < 1.29 is 23.7 Å². The van der Waals surface area contributed by atoms with Crippen LogP contribution in [0.2, 0.25) is 0 Å². The van der Waals surface area contributed by atoms with Crippen LogP contribution in [0.15, 0.2) is 0 Å². The van der Waals surface area contributed by atoms with Gasteiger partial charge in [0.2, 0.25) is 11.8 Å². The number of nitrogens with one attached hydrogen (secondary N) is 1. The van der Waals surface area contributed by atoms with E-state index in [4.69, 9.17) is 5.11 Å². The zero-order chi connectivity index (χ0) is 15.8. The van der Waals surface area contributed by atoms with Gasteiger partial charge in [-0.2, -0.15) is 0 Å². The molecule has 1 aliphatic rings. The maximum atomic E-state index is 12.0. The number of carboxylic acids is 1. The molecule has 21 heavy (non-hydrogen) atoms. The first-order chi connectivity index (χ1) is 9.90. The van der Waals surface area contributed by atoms with E-state index >= 15 is 0 Å². The Balaban J connectivity index is 2.48. The summed E-state index contributed by atoms with van der Waals surface area (Å²) >= 11 is 0. The van der Waals surface area contributed by atoms with Crippen molar-refractivity contribution in [2.75, 3.05) is 24.6 Å². The highest BCUT2D eigenvalue weighted by molar-refractivity contribution is 7.85. The third-order valence-electron chi connectivity index (χ3n) is 3.27. The molecule has 0 aromatic carbocycles. The summed E-state index contributed by atoms with van der Waals surface area (Å²) in [6, 6.07) is -1.22. The molecule has 0 spiro atoms. The van der Waals surface area contributed by atoms with Crippen molar-refractivity contribution in [3.05, 3.63) is 0 Å². The van der Waals surface area contributed by atoms with Gasteiger partial charge in [-0.3, -0.25) is 13.8 Å². The Bertz CT molecular complexity index is 419. The van der Waals surface area contributed by atoms with Gasteiger partial charge in [-0.15, -0.1) is 0 Å². The first-order valence-electron chi connectivity index (χ1n) is 7.03. The third kappa shape index (κ3) is 6.70. The average Bonchev–Trinajstić information content (AvgIpc) is 2.65. The van der Waals surface area contributed by atoms with Gasteiger partial charge in [0.1, 0.15) is 11.8 Å². The number of carboxylic acid groups (broad SMARTS) is 1. The molecule has 2 atom stereocenters. The highest BCUT2D eigenvalue weighted by Gasteiger charge is 2.24. The SMILES string of the molecule is CC(=O)N[C@@H](CS(=O)CC(=O)N1CCCCCC1)C(=O)O. The number of aliphatic carboxylic acids is 1. The second-order valence-electron chi connectivity index (χ2n) is 5.14. The van der Waals surface area contributed by atoms with Gasteiger partial charge in [-0.05, 0) is 12.8 Å². The fourth-order valence-corrected chi connectivity index (χ4v) is 3.39. The molecule has 8 heteroatoms. The van der Waals surface area contributed by atoms with E-state index in [1.54, 1.807) is 4.90 Å². The first-order valence-corrected chi connectivity index (χ1v) is 8.51. The quantitative estimate of drug-likeness (QED) is 0.701. The Labute approximate surface area is 126 Å². The number of carbonyl (C=O) groups is 3. The van der Waals surface area contributed by atoms with Gasteiger partial charge in [-0.1, -0.05) is 12.8 Å². The lowest BCUT2D eigenvalue weighted by molar-refractivity contribution is -0.140. The molecular formula is C13H22N2O5S. The molecule has 7 nitrogen and oxygen atoms in total. The molecule has 1 aliphatic heterocycles. The average molecular weight is 318 g/mol. The van der Waals surface area contributed by atoms with Crippen LogP contribution in [0.4, 0.5) is 0 Å². The van der Waals surface area contributed by atoms with Gasteiger partial charge in [0.15, 0.2) is 0 Å². The van der Waals surface area contributed by atoms with Crippen LogP contribution in [0.3, 0.4) is 0 Å². The molecule has 1 rings (SSSR count). The van der Waals surface area contributed by atoms with E-state index in [-0.39, 0.29) is 17.4 Å². The number of amides is 2. The van der Waals surface area contributed by atoms with Crippen molar-refractivity contribution in [2.45, 2.75) is 38.6 Å². The number of carbonyl (C=O) groups excluding carboxylic acids is 2. The minimum absolute atomic E-state index is 0.191. The number of likely N-dealkylation sites (tertiary alicyclic amines) is 1. The lowest BCUT2D eigenvalue weighted by Gasteiger charge is -2.20. The van der Waals surface area contributed by atoms with E-state index in [9.17, 15) is 18.6 Å². The van der Waals surface area contributed by atoms with Gasteiger partial charge >= 0.3 is 5.97 Å². The normalized spacial score (nSPS) is 18.4. The van der Waals surface area contributed by atoms with E-state index in [0.29, 0.717) is 13.1 Å². The summed E-state index contributed by atoms with van der Waals surface area (Å²) in [5.41, 5.74) is 0. The van der Waals surface area contributed by atoms with Crippen LogP contribution in [0.1, 0.15) is 32.6 Å². The number of hydrogen-bond donors (Lipinski definition) is 2. The fourth-order valence-electron chi connectivity index (χ4n) is 2.21. The second kappa shape index (κ2) is 8.76. The van der Waals surface area contributed by atoms with Crippen LogP contribution >= 0.6 is 0 Å². The molecule has 0 aromatic rings. The van der Waals surface area contributed by atoms with Crippen LogP contribution in [-0.4, -0.2) is 62.6 Å². The van der Waals surface area contributed by atoms with Crippen LogP contribution in [0, 0.1) is 0 Å². The van der Waals surface area contributed by atoms with Crippen LogP contribution in [0.25, 0.3) is 0 Å². The Kier molecular flexibility index (Phi) is 7.35. The van der Waals surface area contributed by atoms with Crippen LogP contribution in [-0.2, 0) is 25.2 Å².